The van der Waals surface area contributed by atoms with Gasteiger partial charge in [-0.1, -0.05) is 26.7 Å². The molecule has 1 aromatic rings. The molecule has 1 fully saturated rings. The highest BCUT2D eigenvalue weighted by molar-refractivity contribution is 7.89. The standard InChI is InChI=1S/C13H24N4O2S/c1-9(2)10(3)17-13(14)12(8-15-17)20(18,19)16-11-6-4-5-7-11/h8-11,16H,4-7,14H2,1-3H3. The summed E-state index contributed by atoms with van der Waals surface area (Å²) >= 11 is 0. The van der Waals surface area contributed by atoms with Crippen molar-refractivity contribution in [1.29, 1.82) is 0 Å². The van der Waals surface area contributed by atoms with Gasteiger partial charge in [-0.05, 0) is 25.7 Å². The maximum Gasteiger partial charge on any atom is 0.246 e. The molecule has 1 unspecified atom stereocenters. The van der Waals surface area contributed by atoms with Crippen LogP contribution in [0.5, 0.6) is 0 Å². The molecule has 1 saturated carbocycles. The smallest absolute Gasteiger partial charge is 0.246 e. The van der Waals surface area contributed by atoms with Crippen molar-refractivity contribution >= 4 is 15.8 Å². The number of nitrogens with two attached hydrogens (primary N) is 1. The Labute approximate surface area is 120 Å². The Bertz CT molecular complexity index is 559. The van der Waals surface area contributed by atoms with Crippen LogP contribution in [0.25, 0.3) is 0 Å². The highest BCUT2D eigenvalue weighted by Crippen LogP contribution is 2.26. The van der Waals surface area contributed by atoms with E-state index in [0.717, 1.165) is 25.7 Å². The number of sulfonamides is 1. The van der Waals surface area contributed by atoms with Crippen LogP contribution in [0.3, 0.4) is 0 Å². The predicted octanol–water partition coefficient (Wildman–Crippen LogP) is 1.90. The Balaban J connectivity index is 2.24. The average molecular weight is 300 g/mol. The molecule has 1 atom stereocenters. The maximum atomic E-state index is 12.4. The zero-order valence-electron chi connectivity index (χ0n) is 12.3. The molecule has 6 nitrogen and oxygen atoms in total. The molecule has 0 radical (unpaired) electrons. The van der Waals surface area contributed by atoms with E-state index < -0.39 is 10.0 Å². The van der Waals surface area contributed by atoms with Gasteiger partial charge in [-0.3, -0.25) is 0 Å². The van der Waals surface area contributed by atoms with Crippen molar-refractivity contribution in [2.24, 2.45) is 5.92 Å². The van der Waals surface area contributed by atoms with Gasteiger partial charge in [0.05, 0.1) is 12.2 Å². The van der Waals surface area contributed by atoms with E-state index in [1.54, 1.807) is 4.68 Å². The first-order chi connectivity index (χ1) is 9.33. The summed E-state index contributed by atoms with van der Waals surface area (Å²) in [6, 6.07) is 0.0932. The second-order valence-corrected chi connectivity index (χ2v) is 7.61. The number of nitrogen functional groups attached to an aromatic ring is 1. The van der Waals surface area contributed by atoms with E-state index in [0.29, 0.717) is 5.92 Å². The molecule has 1 aliphatic rings. The maximum absolute atomic E-state index is 12.4. The van der Waals surface area contributed by atoms with Gasteiger partial charge in [0.25, 0.3) is 0 Å². The predicted molar refractivity (Wildman–Crippen MR) is 78.8 cm³/mol. The van der Waals surface area contributed by atoms with Crippen LogP contribution >= 0.6 is 0 Å². The van der Waals surface area contributed by atoms with E-state index in [1.807, 2.05) is 6.92 Å². The van der Waals surface area contributed by atoms with Crippen molar-refractivity contribution in [1.82, 2.24) is 14.5 Å². The molecule has 20 heavy (non-hydrogen) atoms. The molecule has 1 aliphatic carbocycles. The van der Waals surface area contributed by atoms with Crippen molar-refractivity contribution in [3.8, 4) is 0 Å². The molecule has 0 saturated heterocycles. The Morgan fingerprint density at radius 1 is 1.35 bits per heavy atom. The fourth-order valence-corrected chi connectivity index (χ4v) is 3.85. The number of nitrogens with zero attached hydrogens (tertiary/aromatic N) is 2. The Kier molecular flexibility index (Phi) is 4.39. The van der Waals surface area contributed by atoms with Crippen LogP contribution in [0.2, 0.25) is 0 Å². The molecular weight excluding hydrogens is 276 g/mol. The zero-order valence-corrected chi connectivity index (χ0v) is 13.2. The van der Waals surface area contributed by atoms with Gasteiger partial charge >= 0.3 is 0 Å². The summed E-state index contributed by atoms with van der Waals surface area (Å²) < 4.78 is 29.1. The number of aromatic nitrogens is 2. The van der Waals surface area contributed by atoms with Crippen LogP contribution in [0.15, 0.2) is 11.1 Å². The lowest BCUT2D eigenvalue weighted by atomic mass is 10.1. The lowest BCUT2D eigenvalue weighted by molar-refractivity contribution is 0.380. The largest absolute Gasteiger partial charge is 0.383 e. The van der Waals surface area contributed by atoms with E-state index in [1.165, 1.54) is 6.20 Å². The molecule has 2 rings (SSSR count). The summed E-state index contributed by atoms with van der Waals surface area (Å²) in [7, 11) is -3.57. The molecule has 1 aromatic heterocycles. The fourth-order valence-electron chi connectivity index (χ4n) is 2.50. The summed E-state index contributed by atoms with van der Waals surface area (Å²) in [6.07, 6.45) is 5.30. The van der Waals surface area contributed by atoms with Crippen molar-refractivity contribution in [3.05, 3.63) is 6.20 Å². The van der Waals surface area contributed by atoms with Crippen LogP contribution < -0.4 is 10.5 Å². The third-order valence-electron chi connectivity index (χ3n) is 4.12. The number of rotatable bonds is 5. The lowest BCUT2D eigenvalue weighted by Gasteiger charge is -2.18. The Hall–Kier alpha value is -1.08. The van der Waals surface area contributed by atoms with Crippen LogP contribution in [0, 0.1) is 5.92 Å². The third kappa shape index (κ3) is 2.98. The quantitative estimate of drug-likeness (QED) is 0.869. The summed E-state index contributed by atoms with van der Waals surface area (Å²) in [5.74, 6) is 0.548. The summed E-state index contributed by atoms with van der Waals surface area (Å²) in [6.45, 7) is 6.09. The second-order valence-electron chi connectivity index (χ2n) is 5.93. The highest BCUT2D eigenvalue weighted by Gasteiger charge is 2.28. The van der Waals surface area contributed by atoms with Gasteiger partial charge in [-0.15, -0.1) is 0 Å². The van der Waals surface area contributed by atoms with Gasteiger partial charge in [-0.25, -0.2) is 17.8 Å². The van der Waals surface area contributed by atoms with E-state index in [4.69, 9.17) is 5.73 Å². The molecule has 114 valence electrons. The molecule has 0 aromatic carbocycles. The molecule has 0 amide bonds. The van der Waals surface area contributed by atoms with Crippen molar-refractivity contribution < 1.29 is 8.42 Å². The van der Waals surface area contributed by atoms with Crippen LogP contribution in [-0.2, 0) is 10.0 Å². The normalized spacial score (nSPS) is 18.8. The van der Waals surface area contributed by atoms with E-state index in [9.17, 15) is 8.42 Å². The van der Waals surface area contributed by atoms with Gasteiger partial charge in [-0.2, -0.15) is 5.10 Å². The molecule has 1 heterocycles. The fraction of sp³-hybridized carbons (Fsp3) is 0.769. The minimum atomic E-state index is -3.57. The summed E-state index contributed by atoms with van der Waals surface area (Å²) in [4.78, 5) is 0.0944. The second kappa shape index (κ2) is 5.73. The zero-order chi connectivity index (χ0) is 14.9. The van der Waals surface area contributed by atoms with Crippen LogP contribution in [-0.4, -0.2) is 24.2 Å². The molecule has 0 spiro atoms. The van der Waals surface area contributed by atoms with Crippen molar-refractivity contribution in [3.63, 3.8) is 0 Å². The van der Waals surface area contributed by atoms with Gasteiger partial charge in [0.2, 0.25) is 10.0 Å². The van der Waals surface area contributed by atoms with Gasteiger partial charge in [0, 0.05) is 6.04 Å². The number of nitrogens with one attached hydrogen (secondary N) is 1. The van der Waals surface area contributed by atoms with Crippen LogP contribution in [0.4, 0.5) is 5.82 Å². The topological polar surface area (TPSA) is 90.0 Å². The van der Waals surface area contributed by atoms with Crippen LogP contribution in [0.1, 0.15) is 52.5 Å². The van der Waals surface area contributed by atoms with Crippen molar-refractivity contribution in [2.45, 2.75) is 63.4 Å². The molecular formula is C13H24N4O2S. The summed E-state index contributed by atoms with van der Waals surface area (Å²) in [5.41, 5.74) is 5.98. The molecule has 7 heteroatoms. The highest BCUT2D eigenvalue weighted by atomic mass is 32.2. The summed E-state index contributed by atoms with van der Waals surface area (Å²) in [5, 5.41) is 4.15. The van der Waals surface area contributed by atoms with E-state index in [-0.39, 0.29) is 22.8 Å². The Morgan fingerprint density at radius 2 is 1.95 bits per heavy atom. The first-order valence-electron chi connectivity index (χ1n) is 7.18. The van der Waals surface area contributed by atoms with Gasteiger partial charge in [0.15, 0.2) is 0 Å². The lowest BCUT2D eigenvalue weighted by Crippen LogP contribution is -2.33. The third-order valence-corrected chi connectivity index (χ3v) is 5.65. The first kappa shape index (κ1) is 15.3. The number of hydrogen-bond donors (Lipinski definition) is 2. The monoisotopic (exact) mass is 300 g/mol. The SMILES string of the molecule is CC(C)C(C)n1ncc(S(=O)(=O)NC2CCCC2)c1N. The number of hydrogen-bond acceptors (Lipinski definition) is 4. The molecule has 0 aliphatic heterocycles. The minimum Gasteiger partial charge on any atom is -0.383 e. The number of anilines is 1. The Morgan fingerprint density at radius 3 is 2.50 bits per heavy atom. The molecule has 3 N–H and O–H groups in total. The average Bonchev–Trinajstić information content (AvgIpc) is 2.97. The van der Waals surface area contributed by atoms with Gasteiger partial charge in [0.1, 0.15) is 10.7 Å². The first-order valence-corrected chi connectivity index (χ1v) is 8.66. The minimum absolute atomic E-state index is 0.0327. The molecule has 0 bridgehead atoms. The van der Waals surface area contributed by atoms with Gasteiger partial charge < -0.3 is 5.73 Å². The van der Waals surface area contributed by atoms with E-state index >= 15 is 0 Å². The van der Waals surface area contributed by atoms with E-state index in [2.05, 4.69) is 23.7 Å². The van der Waals surface area contributed by atoms with Crippen molar-refractivity contribution in [2.75, 3.05) is 5.73 Å².